The van der Waals surface area contributed by atoms with Crippen molar-refractivity contribution in [3.05, 3.63) is 60.0 Å². The topological polar surface area (TPSA) is 173 Å². The van der Waals surface area contributed by atoms with Crippen molar-refractivity contribution in [2.75, 3.05) is 6.54 Å². The maximum atomic E-state index is 13.2. The lowest BCUT2D eigenvalue weighted by Crippen LogP contribution is -2.46. The molecular weight excluding hydrogens is 630 g/mol. The molecule has 1 aliphatic heterocycles. The standard InChI is InChI=1S/C37H57N3O9/c1-8-11-12-13-14-15-16-17-18-19-20-21-22-23-28-29(39(45)46)24-30(40(47)48)34(49-25(4)5)33(28)37(9-2)31(35(41)42)26(6)38(10-3)27(7)32(37)36(43)44/h24-25H,8-23H2,1-7H3,(H,41,42)(H,43,44). The average Bonchev–Trinajstić information content (AvgIpc) is 3.02. The minimum absolute atomic E-state index is 0.0687. The molecule has 0 spiro atoms. The van der Waals surface area contributed by atoms with Crippen LogP contribution in [-0.4, -0.2) is 49.5 Å². The maximum Gasteiger partial charge on any atom is 0.334 e. The van der Waals surface area contributed by atoms with Gasteiger partial charge in [0, 0.05) is 29.1 Å². The van der Waals surface area contributed by atoms with Crippen LogP contribution >= 0.6 is 0 Å². The van der Waals surface area contributed by atoms with Gasteiger partial charge in [0.25, 0.3) is 5.69 Å². The zero-order valence-electron chi connectivity index (χ0n) is 30.6. The number of nitro groups is 2. The fourth-order valence-electron chi connectivity index (χ4n) is 7.55. The highest BCUT2D eigenvalue weighted by atomic mass is 16.6. The molecule has 0 radical (unpaired) electrons. The van der Waals surface area contributed by atoms with Gasteiger partial charge in [0.15, 0.2) is 0 Å². The molecule has 0 saturated heterocycles. The number of carboxylic acids is 2. The summed E-state index contributed by atoms with van der Waals surface area (Å²) < 4.78 is 6.08. The quantitative estimate of drug-likeness (QED) is 0.0640. The fraction of sp³-hybridized carbons (Fsp3) is 0.676. The highest BCUT2D eigenvalue weighted by molar-refractivity contribution is 6.01. The smallest absolute Gasteiger partial charge is 0.334 e. The molecule has 0 atom stereocenters. The molecule has 0 fully saturated rings. The van der Waals surface area contributed by atoms with Gasteiger partial charge < -0.3 is 19.8 Å². The van der Waals surface area contributed by atoms with E-state index in [0.29, 0.717) is 6.42 Å². The highest BCUT2D eigenvalue weighted by Crippen LogP contribution is 2.56. The lowest BCUT2D eigenvalue weighted by atomic mass is 9.62. The Morgan fingerprint density at radius 2 is 1.20 bits per heavy atom. The summed E-state index contributed by atoms with van der Waals surface area (Å²) in [7, 11) is 0. The van der Waals surface area contributed by atoms with Crippen LogP contribution < -0.4 is 4.74 Å². The SMILES string of the molecule is CCCCCCCCCCCCCCCc1c([N+](=O)[O-])cc([N+](=O)[O-])c(OC(C)C)c1C1(CC)C(C(=O)O)=C(C)N(CC)C(C)=C1C(=O)O. The molecule has 274 valence electrons. The van der Waals surface area contributed by atoms with Gasteiger partial charge in [-0.1, -0.05) is 90.9 Å². The van der Waals surface area contributed by atoms with Crippen LogP contribution in [0, 0.1) is 20.2 Å². The molecule has 0 aromatic heterocycles. The largest absolute Gasteiger partial charge is 0.484 e. The van der Waals surface area contributed by atoms with Gasteiger partial charge >= 0.3 is 17.6 Å². The van der Waals surface area contributed by atoms with Crippen LogP contribution in [0.15, 0.2) is 28.6 Å². The lowest BCUT2D eigenvalue weighted by Gasteiger charge is -2.45. The molecule has 1 aromatic rings. The molecule has 49 heavy (non-hydrogen) atoms. The number of nitro benzene ring substituents is 2. The third-order valence-corrected chi connectivity index (χ3v) is 9.71. The third-order valence-electron chi connectivity index (χ3n) is 9.71. The lowest BCUT2D eigenvalue weighted by molar-refractivity contribution is -0.395. The van der Waals surface area contributed by atoms with E-state index in [2.05, 4.69) is 6.92 Å². The fourth-order valence-corrected chi connectivity index (χ4v) is 7.55. The molecule has 1 aliphatic rings. The summed E-state index contributed by atoms with van der Waals surface area (Å²) in [4.78, 5) is 51.6. The molecule has 0 aliphatic carbocycles. The van der Waals surface area contributed by atoms with E-state index in [1.54, 1.807) is 46.4 Å². The van der Waals surface area contributed by atoms with Gasteiger partial charge in [0.1, 0.15) is 0 Å². The Labute approximate surface area is 290 Å². The molecule has 0 saturated carbocycles. The van der Waals surface area contributed by atoms with Gasteiger partial charge in [-0.05, 0) is 53.9 Å². The first kappa shape index (κ1) is 41.2. The van der Waals surface area contributed by atoms with Crippen LogP contribution in [0.5, 0.6) is 5.75 Å². The number of rotatable bonds is 23. The van der Waals surface area contributed by atoms with Gasteiger partial charge in [-0.3, -0.25) is 20.2 Å². The third kappa shape index (κ3) is 9.60. The van der Waals surface area contributed by atoms with Crippen LogP contribution in [0.25, 0.3) is 0 Å². The summed E-state index contributed by atoms with van der Waals surface area (Å²) in [5.74, 6) is -3.17. The number of carboxylic acid groups (broad SMARTS) is 2. The van der Waals surface area contributed by atoms with E-state index in [-0.39, 0.29) is 58.8 Å². The first-order valence-corrected chi connectivity index (χ1v) is 18.0. The number of benzene rings is 1. The number of allylic oxidation sites excluding steroid dienone is 2. The number of aliphatic carboxylic acids is 2. The predicted molar refractivity (Wildman–Crippen MR) is 190 cm³/mol. The Morgan fingerprint density at radius 3 is 1.55 bits per heavy atom. The molecule has 12 heteroatoms. The molecule has 2 rings (SSSR count). The second-order valence-electron chi connectivity index (χ2n) is 13.3. The second-order valence-corrected chi connectivity index (χ2v) is 13.3. The summed E-state index contributed by atoms with van der Waals surface area (Å²) in [5, 5.41) is 46.6. The minimum atomic E-state index is -2.00. The van der Waals surface area contributed by atoms with Crippen LogP contribution in [0.3, 0.4) is 0 Å². The monoisotopic (exact) mass is 687 g/mol. The van der Waals surface area contributed by atoms with Crippen LogP contribution in [0.1, 0.15) is 149 Å². The van der Waals surface area contributed by atoms with Crippen molar-refractivity contribution >= 4 is 23.3 Å². The summed E-state index contributed by atoms with van der Waals surface area (Å²) in [6.45, 7) is 12.3. The van der Waals surface area contributed by atoms with Crippen LogP contribution in [0.2, 0.25) is 0 Å². The number of nitrogens with zero attached hydrogens (tertiary/aromatic N) is 3. The highest BCUT2D eigenvalue weighted by Gasteiger charge is 2.55. The molecule has 1 aromatic carbocycles. The van der Waals surface area contributed by atoms with Gasteiger partial charge in [0.05, 0.1) is 38.6 Å². The maximum absolute atomic E-state index is 13.2. The van der Waals surface area contributed by atoms with Gasteiger partial charge in [-0.15, -0.1) is 0 Å². The van der Waals surface area contributed by atoms with E-state index in [1.807, 2.05) is 0 Å². The average molecular weight is 688 g/mol. The Hall–Kier alpha value is -3.96. The normalized spacial score (nSPS) is 14.5. The summed E-state index contributed by atoms with van der Waals surface area (Å²) in [6, 6.07) is 0.872. The van der Waals surface area contributed by atoms with E-state index in [4.69, 9.17) is 4.74 Å². The van der Waals surface area contributed by atoms with Gasteiger partial charge in [-0.25, -0.2) is 9.59 Å². The predicted octanol–water partition coefficient (Wildman–Crippen LogP) is 9.62. The van der Waals surface area contributed by atoms with Gasteiger partial charge in [0.2, 0.25) is 5.75 Å². The van der Waals surface area contributed by atoms with Gasteiger partial charge in [-0.2, -0.15) is 0 Å². The molecule has 0 amide bonds. The number of hydrogen-bond donors (Lipinski definition) is 2. The van der Waals surface area contributed by atoms with Crippen LogP contribution in [-0.2, 0) is 21.4 Å². The number of carbonyl (C=O) groups is 2. The minimum Gasteiger partial charge on any atom is -0.484 e. The molecule has 0 unspecified atom stereocenters. The number of ether oxygens (including phenoxy) is 1. The number of hydrogen-bond acceptors (Lipinski definition) is 8. The van der Waals surface area contributed by atoms with E-state index < -0.39 is 44.7 Å². The van der Waals surface area contributed by atoms with Crippen molar-refractivity contribution in [3.8, 4) is 5.75 Å². The van der Waals surface area contributed by atoms with E-state index in [9.17, 15) is 40.0 Å². The summed E-state index contributed by atoms with van der Waals surface area (Å²) >= 11 is 0. The molecule has 1 heterocycles. The van der Waals surface area contributed by atoms with E-state index in [1.165, 1.54) is 44.9 Å². The Morgan fingerprint density at radius 1 is 0.776 bits per heavy atom. The molecular formula is C37H57N3O9. The van der Waals surface area contributed by atoms with Crippen LogP contribution in [0.4, 0.5) is 11.4 Å². The zero-order chi connectivity index (χ0) is 36.9. The van der Waals surface area contributed by atoms with E-state index in [0.717, 1.165) is 38.2 Å². The van der Waals surface area contributed by atoms with Crippen molar-refractivity contribution in [3.63, 3.8) is 0 Å². The Balaban J connectivity index is 2.69. The zero-order valence-corrected chi connectivity index (χ0v) is 30.6. The first-order chi connectivity index (χ1) is 23.2. The Bertz CT molecular complexity index is 1380. The summed E-state index contributed by atoms with van der Waals surface area (Å²) in [6.07, 6.45) is 13.5. The molecule has 2 N–H and O–H groups in total. The second kappa shape index (κ2) is 19.3. The molecule has 12 nitrogen and oxygen atoms in total. The summed E-state index contributed by atoms with van der Waals surface area (Å²) in [5.41, 5.74) is -3.37. The van der Waals surface area contributed by atoms with Crippen molar-refractivity contribution < 1.29 is 34.4 Å². The van der Waals surface area contributed by atoms with Crippen molar-refractivity contribution in [2.45, 2.75) is 156 Å². The van der Waals surface area contributed by atoms with Crippen molar-refractivity contribution in [2.24, 2.45) is 0 Å². The number of unbranched alkanes of at least 4 members (excludes halogenated alkanes) is 12. The van der Waals surface area contributed by atoms with Crippen molar-refractivity contribution in [1.82, 2.24) is 4.90 Å². The van der Waals surface area contributed by atoms with Crippen molar-refractivity contribution in [1.29, 1.82) is 0 Å². The Kier molecular flexibility index (Phi) is 16.2. The molecule has 0 bridgehead atoms. The van der Waals surface area contributed by atoms with E-state index >= 15 is 0 Å². The first-order valence-electron chi connectivity index (χ1n) is 18.0.